The zero-order valence-corrected chi connectivity index (χ0v) is 13.5. The van der Waals surface area contributed by atoms with Crippen molar-refractivity contribution in [1.29, 1.82) is 0 Å². The molecule has 0 spiro atoms. The molecule has 9 heteroatoms. The maximum Gasteiger partial charge on any atom is 0.311 e. The van der Waals surface area contributed by atoms with Crippen LogP contribution in [-0.2, 0) is 4.79 Å². The van der Waals surface area contributed by atoms with Crippen molar-refractivity contribution in [1.82, 2.24) is 0 Å². The van der Waals surface area contributed by atoms with E-state index in [-0.39, 0.29) is 11.3 Å². The van der Waals surface area contributed by atoms with Crippen LogP contribution in [0.5, 0.6) is 5.75 Å². The standard InChI is InChI=1S/C15H9BrN4O4/c16-9-4-5-11-10(6-9)13(15(22)18-11)19-17-7-8-2-1-3-12(14(8)21)20(23)24/h1-7,21H,(H,18,19,22). The van der Waals surface area contributed by atoms with Gasteiger partial charge in [-0.15, -0.1) is 5.10 Å². The number of nitrogens with zero attached hydrogens (tertiary/aromatic N) is 3. The maximum atomic E-state index is 11.9. The molecule has 1 aliphatic heterocycles. The van der Waals surface area contributed by atoms with Gasteiger partial charge < -0.3 is 10.4 Å². The Morgan fingerprint density at radius 3 is 2.83 bits per heavy atom. The average molecular weight is 389 g/mol. The largest absolute Gasteiger partial charge is 0.502 e. The smallest absolute Gasteiger partial charge is 0.311 e. The van der Waals surface area contributed by atoms with Gasteiger partial charge in [0.15, 0.2) is 5.71 Å². The van der Waals surface area contributed by atoms with Gasteiger partial charge in [0.1, 0.15) is 0 Å². The number of anilines is 1. The molecule has 0 saturated heterocycles. The molecule has 1 aliphatic rings. The number of nitrogens with one attached hydrogen (secondary N) is 1. The van der Waals surface area contributed by atoms with Gasteiger partial charge in [-0.1, -0.05) is 22.0 Å². The third-order valence-electron chi connectivity index (χ3n) is 3.30. The summed E-state index contributed by atoms with van der Waals surface area (Å²) >= 11 is 3.32. The molecule has 0 aliphatic carbocycles. The molecule has 0 unspecified atom stereocenters. The number of para-hydroxylation sites is 1. The number of carbonyl (C=O) groups excluding carboxylic acids is 1. The molecule has 8 nitrogen and oxygen atoms in total. The molecule has 0 aromatic heterocycles. The number of benzene rings is 2. The molecule has 0 atom stereocenters. The highest BCUT2D eigenvalue weighted by atomic mass is 79.9. The molecule has 120 valence electrons. The van der Waals surface area contributed by atoms with E-state index in [1.165, 1.54) is 18.2 Å². The lowest BCUT2D eigenvalue weighted by atomic mass is 10.1. The number of hydrogen-bond acceptors (Lipinski definition) is 6. The van der Waals surface area contributed by atoms with Crippen molar-refractivity contribution in [3.8, 4) is 5.75 Å². The predicted molar refractivity (Wildman–Crippen MR) is 91.7 cm³/mol. The second kappa shape index (κ2) is 6.20. The fraction of sp³-hybridized carbons (Fsp3) is 0. The SMILES string of the molecule is O=C1Nc2ccc(Br)cc2/C1=N/N=Cc1cccc([N+](=O)[O-])c1O. The molecule has 2 aromatic carbocycles. The monoisotopic (exact) mass is 388 g/mol. The van der Waals surface area contributed by atoms with Crippen molar-refractivity contribution >= 4 is 45.1 Å². The molecule has 0 radical (unpaired) electrons. The van der Waals surface area contributed by atoms with Crippen molar-refractivity contribution in [2.75, 3.05) is 5.32 Å². The van der Waals surface area contributed by atoms with Crippen LogP contribution in [0.4, 0.5) is 11.4 Å². The number of aromatic hydroxyl groups is 1. The Hall–Kier alpha value is -3.07. The number of nitro groups is 1. The van der Waals surface area contributed by atoms with Crippen molar-refractivity contribution < 1.29 is 14.8 Å². The van der Waals surface area contributed by atoms with Crippen LogP contribution in [0.25, 0.3) is 0 Å². The normalized spacial score (nSPS) is 14.9. The number of hydrogen-bond donors (Lipinski definition) is 2. The van der Waals surface area contributed by atoms with Crippen molar-refractivity contribution in [3.05, 3.63) is 62.1 Å². The molecular formula is C15H9BrN4O4. The molecular weight excluding hydrogens is 380 g/mol. The summed E-state index contributed by atoms with van der Waals surface area (Å²) in [7, 11) is 0. The van der Waals surface area contributed by atoms with E-state index in [0.717, 1.165) is 10.7 Å². The van der Waals surface area contributed by atoms with Crippen molar-refractivity contribution in [2.45, 2.75) is 0 Å². The summed E-state index contributed by atoms with van der Waals surface area (Å²) in [5, 5.41) is 30.9. The van der Waals surface area contributed by atoms with Gasteiger partial charge in [0.25, 0.3) is 5.91 Å². The van der Waals surface area contributed by atoms with Crippen molar-refractivity contribution in [3.63, 3.8) is 0 Å². The Morgan fingerprint density at radius 1 is 1.29 bits per heavy atom. The number of phenols is 1. The topological polar surface area (TPSA) is 117 Å². The highest BCUT2D eigenvalue weighted by molar-refractivity contribution is 9.10. The van der Waals surface area contributed by atoms with Crippen LogP contribution in [0.3, 0.4) is 0 Å². The van der Waals surface area contributed by atoms with Gasteiger partial charge in [0.05, 0.1) is 16.8 Å². The van der Waals surface area contributed by atoms with Gasteiger partial charge in [-0.3, -0.25) is 14.9 Å². The second-order valence-electron chi connectivity index (χ2n) is 4.81. The summed E-state index contributed by atoms with van der Waals surface area (Å²) in [6.45, 7) is 0. The molecule has 2 aromatic rings. The number of carbonyl (C=O) groups is 1. The van der Waals surface area contributed by atoms with Gasteiger partial charge in [-0.2, -0.15) is 5.10 Å². The lowest BCUT2D eigenvalue weighted by molar-refractivity contribution is -0.385. The lowest BCUT2D eigenvalue weighted by Crippen LogP contribution is -2.13. The predicted octanol–water partition coefficient (Wildman–Crippen LogP) is 2.84. The van der Waals surface area contributed by atoms with E-state index >= 15 is 0 Å². The number of nitro benzene ring substituents is 1. The minimum Gasteiger partial charge on any atom is -0.502 e. The Balaban J connectivity index is 1.94. The molecule has 3 rings (SSSR count). The zero-order chi connectivity index (χ0) is 17.3. The summed E-state index contributed by atoms with van der Waals surface area (Å²) in [6, 6.07) is 9.29. The van der Waals surface area contributed by atoms with Gasteiger partial charge >= 0.3 is 5.69 Å². The first kappa shape index (κ1) is 15.8. The summed E-state index contributed by atoms with van der Waals surface area (Å²) in [5.41, 5.74) is 1.03. The third-order valence-corrected chi connectivity index (χ3v) is 3.79. The van der Waals surface area contributed by atoms with E-state index in [1.807, 2.05) is 0 Å². The van der Waals surface area contributed by atoms with Crippen LogP contribution >= 0.6 is 15.9 Å². The minimum absolute atomic E-state index is 0.118. The van der Waals surface area contributed by atoms with Crippen LogP contribution in [0.2, 0.25) is 0 Å². The van der Waals surface area contributed by atoms with Crippen LogP contribution in [0.15, 0.2) is 51.1 Å². The summed E-state index contributed by atoms with van der Waals surface area (Å²) in [4.78, 5) is 22.0. The summed E-state index contributed by atoms with van der Waals surface area (Å²) in [6.07, 6.45) is 1.15. The minimum atomic E-state index is -0.698. The zero-order valence-electron chi connectivity index (χ0n) is 11.9. The quantitative estimate of drug-likeness (QED) is 0.477. The molecule has 0 bridgehead atoms. The lowest BCUT2D eigenvalue weighted by Gasteiger charge is -1.99. The molecule has 2 N–H and O–H groups in total. The summed E-state index contributed by atoms with van der Waals surface area (Å²) in [5.74, 6) is -0.908. The fourth-order valence-electron chi connectivity index (χ4n) is 2.17. The van der Waals surface area contributed by atoms with Crippen LogP contribution < -0.4 is 5.32 Å². The molecule has 1 heterocycles. The molecule has 24 heavy (non-hydrogen) atoms. The number of rotatable bonds is 3. The number of amides is 1. The highest BCUT2D eigenvalue weighted by Crippen LogP contribution is 2.29. The molecule has 0 fully saturated rings. The van der Waals surface area contributed by atoms with Crippen LogP contribution in [0.1, 0.15) is 11.1 Å². The van der Waals surface area contributed by atoms with E-state index in [0.29, 0.717) is 11.3 Å². The Bertz CT molecular complexity index is 924. The van der Waals surface area contributed by atoms with Gasteiger partial charge in [-0.25, -0.2) is 0 Å². The van der Waals surface area contributed by atoms with E-state index in [4.69, 9.17) is 0 Å². The third kappa shape index (κ3) is 2.88. The van der Waals surface area contributed by atoms with Crippen LogP contribution in [-0.4, -0.2) is 27.9 Å². The number of fused-ring (bicyclic) bond motifs is 1. The van der Waals surface area contributed by atoms with Crippen LogP contribution in [0, 0.1) is 10.1 Å². The Labute approximate surface area is 143 Å². The Kier molecular flexibility index (Phi) is 4.09. The first-order chi connectivity index (χ1) is 11.5. The van der Waals surface area contributed by atoms with E-state index < -0.39 is 22.3 Å². The molecule has 1 amide bonds. The van der Waals surface area contributed by atoms with Gasteiger partial charge in [-0.05, 0) is 24.3 Å². The first-order valence-corrected chi connectivity index (χ1v) is 7.45. The van der Waals surface area contributed by atoms with E-state index in [2.05, 4.69) is 31.4 Å². The fourth-order valence-corrected chi connectivity index (χ4v) is 2.53. The van der Waals surface area contributed by atoms with Crippen molar-refractivity contribution in [2.24, 2.45) is 10.2 Å². The Morgan fingerprint density at radius 2 is 2.08 bits per heavy atom. The van der Waals surface area contributed by atoms with Gasteiger partial charge in [0, 0.05) is 21.7 Å². The van der Waals surface area contributed by atoms with E-state index in [9.17, 15) is 20.0 Å². The molecule has 0 saturated carbocycles. The number of halogens is 1. The average Bonchev–Trinajstić information content (AvgIpc) is 2.84. The first-order valence-electron chi connectivity index (χ1n) is 6.66. The maximum absolute atomic E-state index is 11.9. The van der Waals surface area contributed by atoms with E-state index in [1.54, 1.807) is 18.2 Å². The number of phenolic OH excluding ortho intramolecular Hbond substituents is 1. The summed E-state index contributed by atoms with van der Waals surface area (Å²) < 4.78 is 0.783. The second-order valence-corrected chi connectivity index (χ2v) is 5.72. The highest BCUT2D eigenvalue weighted by Gasteiger charge is 2.26. The van der Waals surface area contributed by atoms with Gasteiger partial charge in [0.2, 0.25) is 5.75 Å².